The average Bonchev–Trinajstić information content (AvgIpc) is 2.77. The summed E-state index contributed by atoms with van der Waals surface area (Å²) in [5.74, 6) is 19.5. The number of hydrogen-bond acceptors (Lipinski definition) is 2. The maximum Gasteiger partial charge on any atom is 0.0587 e. The standard InChI is InChI=1S/C27H22S2/c1-3-5-9-19-27(29-23-25-16-12-8-13-17-25)21-20-26(18-6-4-2)28-22-24-14-10-7-11-15-24/h4,7-8,10-17,20-21H,2,22-23H2,1H3/b26-20-,27-21-. The van der Waals surface area contributed by atoms with E-state index in [2.05, 4.69) is 90.6 Å². The molecule has 0 fully saturated rings. The zero-order chi connectivity index (χ0) is 20.6. The molecule has 0 N–H and O–H groups in total. The highest BCUT2D eigenvalue weighted by Crippen LogP contribution is 2.24. The van der Waals surface area contributed by atoms with Gasteiger partial charge in [0, 0.05) is 11.5 Å². The molecule has 0 aliphatic rings. The van der Waals surface area contributed by atoms with Crippen LogP contribution in [0.25, 0.3) is 0 Å². The Balaban J connectivity index is 2.17. The third-order valence-electron chi connectivity index (χ3n) is 3.53. The molecule has 0 saturated heterocycles. The number of thioether (sulfide) groups is 2. The van der Waals surface area contributed by atoms with Crippen LogP contribution in [0.2, 0.25) is 0 Å². The number of rotatable bonds is 7. The lowest BCUT2D eigenvalue weighted by Gasteiger charge is -2.02. The van der Waals surface area contributed by atoms with Crippen LogP contribution < -0.4 is 0 Å². The molecule has 29 heavy (non-hydrogen) atoms. The fraction of sp³-hybridized carbons (Fsp3) is 0.111. The maximum atomic E-state index is 3.69. The lowest BCUT2D eigenvalue weighted by atomic mass is 10.2. The van der Waals surface area contributed by atoms with Crippen molar-refractivity contribution in [1.82, 2.24) is 0 Å². The first-order valence-electron chi connectivity index (χ1n) is 9.12. The first-order chi connectivity index (χ1) is 14.3. The molecule has 0 atom stereocenters. The summed E-state index contributed by atoms with van der Waals surface area (Å²) in [6.07, 6.45) is 5.68. The van der Waals surface area contributed by atoms with Crippen LogP contribution in [0.3, 0.4) is 0 Å². The zero-order valence-corrected chi connectivity index (χ0v) is 18.1. The van der Waals surface area contributed by atoms with Gasteiger partial charge in [-0.1, -0.05) is 85.0 Å². The van der Waals surface area contributed by atoms with Crippen molar-refractivity contribution in [3.8, 4) is 35.5 Å². The van der Waals surface area contributed by atoms with E-state index >= 15 is 0 Å². The van der Waals surface area contributed by atoms with Gasteiger partial charge in [-0.2, -0.15) is 0 Å². The minimum atomic E-state index is 0.861. The minimum Gasteiger partial charge on any atom is -0.112 e. The molecule has 0 spiro atoms. The monoisotopic (exact) mass is 410 g/mol. The summed E-state index contributed by atoms with van der Waals surface area (Å²) in [6.45, 7) is 5.48. The highest BCUT2D eigenvalue weighted by molar-refractivity contribution is 8.03. The number of allylic oxidation sites excluding steroid dienone is 5. The highest BCUT2D eigenvalue weighted by Gasteiger charge is 1.99. The summed E-state index contributed by atoms with van der Waals surface area (Å²) in [7, 11) is 0. The van der Waals surface area contributed by atoms with Crippen LogP contribution in [0.4, 0.5) is 0 Å². The molecule has 0 nitrogen and oxygen atoms in total. The Kier molecular flexibility index (Phi) is 10.9. The van der Waals surface area contributed by atoms with Crippen molar-refractivity contribution in [2.45, 2.75) is 18.4 Å². The molecular formula is C27H22S2. The van der Waals surface area contributed by atoms with E-state index in [-0.39, 0.29) is 0 Å². The quantitative estimate of drug-likeness (QED) is 0.362. The van der Waals surface area contributed by atoms with Crippen molar-refractivity contribution < 1.29 is 0 Å². The molecule has 0 bridgehead atoms. The van der Waals surface area contributed by atoms with Gasteiger partial charge in [0.15, 0.2) is 0 Å². The Labute approximate surface area is 183 Å². The first-order valence-corrected chi connectivity index (χ1v) is 11.1. The average molecular weight is 411 g/mol. The van der Waals surface area contributed by atoms with E-state index < -0.39 is 0 Å². The molecule has 2 aromatic carbocycles. The van der Waals surface area contributed by atoms with Gasteiger partial charge in [0.1, 0.15) is 0 Å². The summed E-state index contributed by atoms with van der Waals surface area (Å²) in [5.41, 5.74) is 2.53. The first kappa shape index (κ1) is 22.3. The van der Waals surface area contributed by atoms with E-state index in [1.54, 1.807) is 36.5 Å². The number of benzene rings is 2. The third-order valence-corrected chi connectivity index (χ3v) is 5.58. The minimum absolute atomic E-state index is 0.861. The summed E-state index contributed by atoms with van der Waals surface area (Å²) in [5, 5.41) is 0. The van der Waals surface area contributed by atoms with Gasteiger partial charge in [0.05, 0.1) is 9.81 Å². The zero-order valence-electron chi connectivity index (χ0n) is 16.4. The fourth-order valence-electron chi connectivity index (χ4n) is 2.15. The van der Waals surface area contributed by atoms with Gasteiger partial charge in [-0.25, -0.2) is 0 Å². The molecule has 0 aromatic heterocycles. The fourth-order valence-corrected chi connectivity index (χ4v) is 3.76. The molecule has 0 aliphatic carbocycles. The molecule has 0 unspecified atom stereocenters. The lowest BCUT2D eigenvalue weighted by molar-refractivity contribution is 1.42. The van der Waals surface area contributed by atoms with Crippen molar-refractivity contribution in [3.05, 3.63) is 106 Å². The van der Waals surface area contributed by atoms with E-state index in [1.807, 2.05) is 24.3 Å². The van der Waals surface area contributed by atoms with Crippen molar-refractivity contribution in [1.29, 1.82) is 0 Å². The maximum absolute atomic E-state index is 3.69. The second-order valence-electron chi connectivity index (χ2n) is 5.71. The summed E-state index contributed by atoms with van der Waals surface area (Å²) < 4.78 is 0. The molecule has 2 heteroatoms. The van der Waals surface area contributed by atoms with Gasteiger partial charge >= 0.3 is 0 Å². The second-order valence-corrected chi connectivity index (χ2v) is 7.74. The molecule has 142 valence electrons. The van der Waals surface area contributed by atoms with Crippen molar-refractivity contribution >= 4 is 23.5 Å². The molecule has 2 aromatic rings. The van der Waals surface area contributed by atoms with Crippen LogP contribution >= 0.6 is 23.5 Å². The SMILES string of the molecule is C=CC#C/C(=C/C=C(/C#CC#CC)SCc1ccccc1)SCc1ccccc1. The lowest BCUT2D eigenvalue weighted by Crippen LogP contribution is -1.82. The van der Waals surface area contributed by atoms with Gasteiger partial charge in [-0.05, 0) is 54.0 Å². The van der Waals surface area contributed by atoms with E-state index in [0.29, 0.717) is 0 Å². The summed E-state index contributed by atoms with van der Waals surface area (Å²) in [6, 6.07) is 20.8. The Hall–Kier alpha value is -2.96. The van der Waals surface area contributed by atoms with Crippen LogP contribution in [-0.2, 0) is 11.5 Å². The Morgan fingerprint density at radius 1 is 0.793 bits per heavy atom. The van der Waals surface area contributed by atoms with E-state index in [1.165, 1.54) is 11.1 Å². The van der Waals surface area contributed by atoms with Crippen molar-refractivity contribution in [3.63, 3.8) is 0 Å². The Bertz CT molecular complexity index is 1030. The molecule has 0 amide bonds. The van der Waals surface area contributed by atoms with E-state index in [9.17, 15) is 0 Å². The summed E-state index contributed by atoms with van der Waals surface area (Å²) in [4.78, 5) is 1.95. The van der Waals surface area contributed by atoms with Gasteiger partial charge in [0.25, 0.3) is 0 Å². The van der Waals surface area contributed by atoms with Gasteiger partial charge in [-0.15, -0.1) is 23.5 Å². The Morgan fingerprint density at radius 2 is 1.31 bits per heavy atom. The predicted molar refractivity (Wildman–Crippen MR) is 131 cm³/mol. The van der Waals surface area contributed by atoms with Gasteiger partial charge in [-0.3, -0.25) is 0 Å². The Morgan fingerprint density at radius 3 is 1.79 bits per heavy atom. The molecule has 0 aliphatic heterocycles. The van der Waals surface area contributed by atoms with Crippen molar-refractivity contribution in [2.24, 2.45) is 0 Å². The summed E-state index contributed by atoms with van der Waals surface area (Å²) >= 11 is 3.41. The normalized spacial score (nSPS) is 10.5. The second kappa shape index (κ2) is 14.1. The molecule has 2 rings (SSSR count). The van der Waals surface area contributed by atoms with Crippen LogP contribution in [-0.4, -0.2) is 0 Å². The highest BCUT2D eigenvalue weighted by atomic mass is 32.2. The third kappa shape index (κ3) is 9.69. The van der Waals surface area contributed by atoms with E-state index in [4.69, 9.17) is 0 Å². The van der Waals surface area contributed by atoms with Crippen LogP contribution in [0.5, 0.6) is 0 Å². The molecule has 0 saturated carbocycles. The largest absolute Gasteiger partial charge is 0.112 e. The smallest absolute Gasteiger partial charge is 0.0587 e. The van der Waals surface area contributed by atoms with E-state index in [0.717, 1.165) is 21.3 Å². The molecule has 0 radical (unpaired) electrons. The molecular weight excluding hydrogens is 388 g/mol. The predicted octanol–water partition coefficient (Wildman–Crippen LogP) is 6.84. The number of hydrogen-bond donors (Lipinski definition) is 0. The molecule has 0 heterocycles. The van der Waals surface area contributed by atoms with Crippen molar-refractivity contribution in [2.75, 3.05) is 0 Å². The van der Waals surface area contributed by atoms with Gasteiger partial charge in [0.2, 0.25) is 0 Å². The van der Waals surface area contributed by atoms with Crippen LogP contribution in [0, 0.1) is 35.5 Å². The topological polar surface area (TPSA) is 0 Å². The van der Waals surface area contributed by atoms with Gasteiger partial charge < -0.3 is 0 Å². The van der Waals surface area contributed by atoms with Crippen LogP contribution in [0.15, 0.2) is 95.3 Å². The van der Waals surface area contributed by atoms with Crippen LogP contribution in [0.1, 0.15) is 18.1 Å².